The lowest BCUT2D eigenvalue weighted by atomic mass is 10.3. The van der Waals surface area contributed by atoms with E-state index in [9.17, 15) is 4.79 Å². The molecule has 0 aliphatic rings. The van der Waals surface area contributed by atoms with Crippen molar-refractivity contribution in [2.24, 2.45) is 5.73 Å². The van der Waals surface area contributed by atoms with Gasteiger partial charge in [0.2, 0.25) is 0 Å². The number of hydrogen-bond acceptors (Lipinski definition) is 5. The lowest BCUT2D eigenvalue weighted by Gasteiger charge is -2.06. The maximum Gasteiger partial charge on any atom is 0.321 e. The summed E-state index contributed by atoms with van der Waals surface area (Å²) in [7, 11) is 0. The van der Waals surface area contributed by atoms with Crippen LogP contribution >= 0.6 is 11.3 Å². The van der Waals surface area contributed by atoms with Gasteiger partial charge in [0.05, 0.1) is 5.01 Å². The zero-order valence-corrected chi connectivity index (χ0v) is 9.38. The number of hydrogen-bond donors (Lipinski definition) is 3. The summed E-state index contributed by atoms with van der Waals surface area (Å²) in [6.45, 7) is 2.95. The molecule has 0 aliphatic heterocycles. The molecule has 0 amide bonds. The molecular formula is C9H15N3O2S. The van der Waals surface area contributed by atoms with E-state index >= 15 is 0 Å². The Labute approximate surface area is 92.3 Å². The van der Waals surface area contributed by atoms with Crippen molar-refractivity contribution in [2.75, 3.05) is 13.1 Å². The minimum absolute atomic E-state index is 0.291. The molecule has 1 rings (SSSR count). The number of aryl methyl sites for hydroxylation is 1. The standard InChI is InChI=1S/C9H15N3O2S/c1-6-5-15-8(12-6)2-3-11-4-7(10)9(13)14/h5,7,11H,2-4,10H2,1H3,(H,13,14). The predicted molar refractivity (Wildman–Crippen MR) is 59.0 cm³/mol. The molecule has 4 N–H and O–H groups in total. The Morgan fingerprint density at radius 1 is 1.80 bits per heavy atom. The zero-order chi connectivity index (χ0) is 11.3. The summed E-state index contributed by atoms with van der Waals surface area (Å²) in [5.41, 5.74) is 6.35. The van der Waals surface area contributed by atoms with Crippen LogP contribution in [-0.2, 0) is 11.2 Å². The fourth-order valence-electron chi connectivity index (χ4n) is 1.06. The van der Waals surface area contributed by atoms with Crippen molar-refractivity contribution < 1.29 is 9.90 Å². The van der Waals surface area contributed by atoms with E-state index in [2.05, 4.69) is 10.3 Å². The molecule has 0 fully saturated rings. The number of thiazole rings is 1. The third kappa shape index (κ3) is 4.37. The van der Waals surface area contributed by atoms with E-state index in [4.69, 9.17) is 10.8 Å². The summed E-state index contributed by atoms with van der Waals surface area (Å²) in [5, 5.41) is 14.6. The Hall–Kier alpha value is -0.980. The van der Waals surface area contributed by atoms with Crippen LogP contribution in [0.4, 0.5) is 0 Å². The van der Waals surface area contributed by atoms with E-state index in [1.165, 1.54) is 0 Å². The van der Waals surface area contributed by atoms with Gasteiger partial charge in [-0.1, -0.05) is 0 Å². The normalized spacial score (nSPS) is 12.7. The van der Waals surface area contributed by atoms with E-state index in [1.807, 2.05) is 12.3 Å². The van der Waals surface area contributed by atoms with Gasteiger partial charge in [-0.05, 0) is 6.92 Å². The predicted octanol–water partition coefficient (Wildman–Crippen LogP) is -0.00448. The average Bonchev–Trinajstić information content (AvgIpc) is 2.58. The van der Waals surface area contributed by atoms with E-state index in [-0.39, 0.29) is 0 Å². The van der Waals surface area contributed by atoms with Crippen LogP contribution in [0.5, 0.6) is 0 Å². The van der Waals surface area contributed by atoms with Gasteiger partial charge < -0.3 is 16.2 Å². The van der Waals surface area contributed by atoms with Gasteiger partial charge in [0.15, 0.2) is 0 Å². The second kappa shape index (κ2) is 5.79. The van der Waals surface area contributed by atoms with Crippen LogP contribution in [0.1, 0.15) is 10.7 Å². The molecule has 1 heterocycles. The van der Waals surface area contributed by atoms with Crippen LogP contribution in [0.15, 0.2) is 5.38 Å². The van der Waals surface area contributed by atoms with E-state index in [1.54, 1.807) is 11.3 Å². The second-order valence-electron chi connectivity index (χ2n) is 3.28. The van der Waals surface area contributed by atoms with Gasteiger partial charge in [-0.2, -0.15) is 0 Å². The summed E-state index contributed by atoms with van der Waals surface area (Å²) in [6.07, 6.45) is 0.810. The number of rotatable bonds is 6. The van der Waals surface area contributed by atoms with E-state index in [0.717, 1.165) is 17.1 Å². The molecule has 0 saturated heterocycles. The van der Waals surface area contributed by atoms with E-state index in [0.29, 0.717) is 13.1 Å². The van der Waals surface area contributed by atoms with Crippen molar-refractivity contribution in [1.29, 1.82) is 0 Å². The second-order valence-corrected chi connectivity index (χ2v) is 4.22. The van der Waals surface area contributed by atoms with Crippen molar-refractivity contribution in [3.63, 3.8) is 0 Å². The summed E-state index contributed by atoms with van der Waals surface area (Å²) in [5.74, 6) is -0.979. The molecule has 6 heteroatoms. The molecule has 0 spiro atoms. The summed E-state index contributed by atoms with van der Waals surface area (Å²) in [6, 6.07) is -0.831. The smallest absolute Gasteiger partial charge is 0.321 e. The first-order valence-corrected chi connectivity index (χ1v) is 5.57. The van der Waals surface area contributed by atoms with E-state index < -0.39 is 12.0 Å². The van der Waals surface area contributed by atoms with Crippen molar-refractivity contribution in [3.05, 3.63) is 16.1 Å². The van der Waals surface area contributed by atoms with Gasteiger partial charge in [0.1, 0.15) is 6.04 Å². The van der Waals surface area contributed by atoms with Gasteiger partial charge in [-0.3, -0.25) is 4.79 Å². The van der Waals surface area contributed by atoms with Gasteiger partial charge in [0.25, 0.3) is 0 Å². The third-order valence-electron chi connectivity index (χ3n) is 1.86. The largest absolute Gasteiger partial charge is 0.480 e. The molecule has 1 aromatic heterocycles. The summed E-state index contributed by atoms with van der Waals surface area (Å²) >= 11 is 1.62. The van der Waals surface area contributed by atoms with Crippen LogP contribution < -0.4 is 11.1 Å². The maximum atomic E-state index is 10.4. The highest BCUT2D eigenvalue weighted by atomic mass is 32.1. The highest BCUT2D eigenvalue weighted by Gasteiger charge is 2.09. The Morgan fingerprint density at radius 3 is 3.07 bits per heavy atom. The number of aliphatic carboxylic acids is 1. The highest BCUT2D eigenvalue weighted by Crippen LogP contribution is 2.08. The van der Waals surface area contributed by atoms with Crippen LogP contribution in [0, 0.1) is 6.92 Å². The molecule has 1 aromatic rings. The topological polar surface area (TPSA) is 88.2 Å². The lowest BCUT2D eigenvalue weighted by Crippen LogP contribution is -2.40. The van der Waals surface area contributed by atoms with Crippen molar-refractivity contribution in [3.8, 4) is 0 Å². The number of aromatic nitrogens is 1. The van der Waals surface area contributed by atoms with Crippen molar-refractivity contribution in [1.82, 2.24) is 10.3 Å². The Bertz CT molecular complexity index is 327. The molecule has 0 aliphatic carbocycles. The van der Waals surface area contributed by atoms with Crippen LogP contribution in [0.25, 0.3) is 0 Å². The number of nitrogens with one attached hydrogen (secondary N) is 1. The number of nitrogens with two attached hydrogens (primary N) is 1. The molecule has 1 unspecified atom stereocenters. The number of nitrogens with zero attached hydrogens (tertiary/aromatic N) is 1. The molecule has 1 atom stereocenters. The highest BCUT2D eigenvalue weighted by molar-refractivity contribution is 7.09. The Kier molecular flexibility index (Phi) is 4.67. The van der Waals surface area contributed by atoms with Crippen molar-refractivity contribution in [2.45, 2.75) is 19.4 Å². The SMILES string of the molecule is Cc1csc(CCNCC(N)C(=O)O)n1. The number of carboxylic acid groups (broad SMARTS) is 1. The maximum absolute atomic E-state index is 10.4. The molecule has 0 radical (unpaired) electrons. The molecule has 15 heavy (non-hydrogen) atoms. The van der Waals surface area contributed by atoms with Crippen LogP contribution in [0.3, 0.4) is 0 Å². The zero-order valence-electron chi connectivity index (χ0n) is 8.56. The van der Waals surface area contributed by atoms with Crippen molar-refractivity contribution >= 4 is 17.3 Å². The van der Waals surface area contributed by atoms with Crippen LogP contribution in [0.2, 0.25) is 0 Å². The fraction of sp³-hybridized carbons (Fsp3) is 0.556. The first-order valence-electron chi connectivity index (χ1n) is 4.69. The van der Waals surface area contributed by atoms with Gasteiger partial charge in [0, 0.05) is 30.6 Å². The molecule has 0 saturated carbocycles. The van der Waals surface area contributed by atoms with Gasteiger partial charge >= 0.3 is 5.97 Å². The lowest BCUT2D eigenvalue weighted by molar-refractivity contribution is -0.138. The average molecular weight is 229 g/mol. The minimum Gasteiger partial charge on any atom is -0.480 e. The molecule has 0 aromatic carbocycles. The van der Waals surface area contributed by atoms with Gasteiger partial charge in [-0.15, -0.1) is 11.3 Å². The quantitative estimate of drug-likeness (QED) is 0.597. The molecule has 5 nitrogen and oxygen atoms in total. The van der Waals surface area contributed by atoms with Crippen LogP contribution in [-0.4, -0.2) is 35.2 Å². The monoisotopic (exact) mass is 229 g/mol. The number of carboxylic acids is 1. The Morgan fingerprint density at radius 2 is 2.53 bits per heavy atom. The minimum atomic E-state index is -0.979. The first kappa shape index (κ1) is 12.1. The summed E-state index contributed by atoms with van der Waals surface area (Å²) in [4.78, 5) is 14.7. The van der Waals surface area contributed by atoms with Gasteiger partial charge in [-0.25, -0.2) is 4.98 Å². The number of carbonyl (C=O) groups is 1. The molecular weight excluding hydrogens is 214 g/mol. The fourth-order valence-corrected chi connectivity index (χ4v) is 1.83. The summed E-state index contributed by atoms with van der Waals surface area (Å²) < 4.78 is 0. The third-order valence-corrected chi connectivity index (χ3v) is 2.89. The Balaban J connectivity index is 2.14. The molecule has 0 bridgehead atoms. The molecule has 84 valence electrons. The first-order chi connectivity index (χ1) is 7.09.